The molecule has 0 unspecified atom stereocenters. The van der Waals surface area contributed by atoms with Gasteiger partial charge in [0, 0.05) is 22.7 Å². The van der Waals surface area contributed by atoms with Crippen LogP contribution in [0.25, 0.3) is 10.1 Å². The smallest absolute Gasteiger partial charge is 0.317 e. The fraction of sp³-hybridized carbons (Fsp3) is 0.333. The lowest BCUT2D eigenvalue weighted by atomic mass is 10.1. The summed E-state index contributed by atoms with van der Waals surface area (Å²) in [6.07, 6.45) is 0.658. The molecule has 1 aromatic carbocycles. The maximum atomic E-state index is 12.1. The van der Waals surface area contributed by atoms with Crippen LogP contribution in [0, 0.1) is 5.92 Å². The van der Waals surface area contributed by atoms with E-state index in [1.807, 2.05) is 12.1 Å². The number of carbonyl (C=O) groups excluding carboxylic acids is 2. The normalized spacial score (nSPS) is 18.1. The Balaban J connectivity index is 1.57. The van der Waals surface area contributed by atoms with Crippen molar-refractivity contribution in [3.05, 3.63) is 35.2 Å². The van der Waals surface area contributed by atoms with E-state index in [1.165, 1.54) is 10.1 Å². The summed E-state index contributed by atoms with van der Waals surface area (Å²) in [5.41, 5.74) is 5.27. The number of carbonyl (C=O) groups is 2. The van der Waals surface area contributed by atoms with E-state index in [0.29, 0.717) is 26.1 Å². The van der Waals surface area contributed by atoms with E-state index >= 15 is 0 Å². The Bertz CT molecular complexity index is 649. The molecule has 0 aliphatic carbocycles. The van der Waals surface area contributed by atoms with Crippen LogP contribution in [-0.2, 0) is 11.3 Å². The molecular weight excluding hydrogens is 286 g/mol. The van der Waals surface area contributed by atoms with Gasteiger partial charge in [-0.1, -0.05) is 18.2 Å². The van der Waals surface area contributed by atoms with E-state index in [-0.39, 0.29) is 17.9 Å². The molecule has 1 aliphatic rings. The summed E-state index contributed by atoms with van der Waals surface area (Å²) >= 11 is 1.68. The second-order valence-corrected chi connectivity index (χ2v) is 6.41. The average Bonchev–Trinajstić information content (AvgIpc) is 3.11. The number of rotatable bonds is 3. The lowest BCUT2D eigenvalue weighted by Crippen LogP contribution is -2.39. The summed E-state index contributed by atoms with van der Waals surface area (Å²) in [6, 6.07) is 10.1. The second-order valence-electron chi connectivity index (χ2n) is 5.24. The maximum absolute atomic E-state index is 12.1. The fourth-order valence-electron chi connectivity index (χ4n) is 2.58. The predicted octanol–water partition coefficient (Wildman–Crippen LogP) is 1.92. The van der Waals surface area contributed by atoms with Crippen molar-refractivity contribution in [3.8, 4) is 0 Å². The minimum atomic E-state index is -0.324. The van der Waals surface area contributed by atoms with Gasteiger partial charge in [0.2, 0.25) is 5.91 Å². The number of hydrogen-bond acceptors (Lipinski definition) is 3. The lowest BCUT2D eigenvalue weighted by Gasteiger charge is -2.16. The van der Waals surface area contributed by atoms with Crippen LogP contribution in [0.3, 0.4) is 0 Å². The number of hydrogen-bond donors (Lipinski definition) is 2. The molecule has 0 radical (unpaired) electrons. The average molecular weight is 303 g/mol. The van der Waals surface area contributed by atoms with Crippen molar-refractivity contribution in [2.24, 2.45) is 11.7 Å². The Hall–Kier alpha value is -2.08. The van der Waals surface area contributed by atoms with Gasteiger partial charge in [-0.15, -0.1) is 11.3 Å². The predicted molar refractivity (Wildman–Crippen MR) is 82.9 cm³/mol. The molecule has 0 bridgehead atoms. The summed E-state index contributed by atoms with van der Waals surface area (Å²) in [5, 5.41) is 4.10. The van der Waals surface area contributed by atoms with Crippen molar-refractivity contribution in [1.29, 1.82) is 0 Å². The second kappa shape index (κ2) is 5.73. The third-order valence-electron chi connectivity index (χ3n) is 3.77. The Morgan fingerprint density at radius 2 is 2.19 bits per heavy atom. The highest BCUT2D eigenvalue weighted by Gasteiger charge is 2.29. The summed E-state index contributed by atoms with van der Waals surface area (Å²) < 4.78 is 1.22. The SMILES string of the molecule is NC(=O)[C@@H]1CCN(C(=O)NCc2cc3ccccc3s2)C1. The third kappa shape index (κ3) is 3.00. The zero-order chi connectivity index (χ0) is 14.8. The van der Waals surface area contributed by atoms with Crippen molar-refractivity contribution in [3.63, 3.8) is 0 Å². The van der Waals surface area contributed by atoms with Crippen LogP contribution >= 0.6 is 11.3 Å². The van der Waals surface area contributed by atoms with Gasteiger partial charge in [0.1, 0.15) is 0 Å². The van der Waals surface area contributed by atoms with Gasteiger partial charge in [-0.3, -0.25) is 4.79 Å². The quantitative estimate of drug-likeness (QED) is 0.909. The van der Waals surface area contributed by atoms with E-state index < -0.39 is 0 Å². The topological polar surface area (TPSA) is 75.4 Å². The number of urea groups is 1. The van der Waals surface area contributed by atoms with E-state index in [9.17, 15) is 9.59 Å². The van der Waals surface area contributed by atoms with Crippen LogP contribution in [-0.4, -0.2) is 29.9 Å². The molecule has 1 aliphatic heterocycles. The number of thiophene rings is 1. The van der Waals surface area contributed by atoms with E-state index in [2.05, 4.69) is 23.5 Å². The first-order valence-electron chi connectivity index (χ1n) is 6.93. The van der Waals surface area contributed by atoms with Gasteiger partial charge < -0.3 is 16.0 Å². The van der Waals surface area contributed by atoms with Gasteiger partial charge >= 0.3 is 6.03 Å². The van der Waals surface area contributed by atoms with Gasteiger partial charge in [0.05, 0.1) is 12.5 Å². The zero-order valence-electron chi connectivity index (χ0n) is 11.5. The minimum absolute atomic E-state index is 0.129. The first-order valence-corrected chi connectivity index (χ1v) is 7.74. The molecule has 2 aromatic rings. The molecule has 1 atom stereocenters. The minimum Gasteiger partial charge on any atom is -0.369 e. The molecule has 2 heterocycles. The molecule has 110 valence electrons. The molecule has 3 amide bonds. The van der Waals surface area contributed by atoms with E-state index in [4.69, 9.17) is 5.73 Å². The van der Waals surface area contributed by atoms with Gasteiger partial charge in [-0.05, 0) is 23.9 Å². The van der Waals surface area contributed by atoms with Gasteiger partial charge in [0.15, 0.2) is 0 Å². The molecule has 3 N–H and O–H groups in total. The molecular formula is C15H17N3O2S. The molecule has 0 saturated carbocycles. The highest BCUT2D eigenvalue weighted by molar-refractivity contribution is 7.19. The summed E-state index contributed by atoms with van der Waals surface area (Å²) in [5.74, 6) is -0.533. The number of fused-ring (bicyclic) bond motifs is 1. The molecule has 1 saturated heterocycles. The fourth-order valence-corrected chi connectivity index (χ4v) is 3.58. The van der Waals surface area contributed by atoms with Crippen LogP contribution in [0.4, 0.5) is 4.79 Å². The van der Waals surface area contributed by atoms with Crippen LogP contribution in [0.2, 0.25) is 0 Å². The lowest BCUT2D eigenvalue weighted by molar-refractivity contribution is -0.121. The van der Waals surface area contributed by atoms with Crippen LogP contribution in [0.15, 0.2) is 30.3 Å². The number of nitrogens with one attached hydrogen (secondary N) is 1. The maximum Gasteiger partial charge on any atom is 0.317 e. The summed E-state index contributed by atoms with van der Waals surface area (Å²) in [7, 11) is 0. The number of likely N-dealkylation sites (tertiary alicyclic amines) is 1. The van der Waals surface area contributed by atoms with Crippen LogP contribution in [0.1, 0.15) is 11.3 Å². The Labute approximate surface area is 126 Å². The van der Waals surface area contributed by atoms with Crippen molar-refractivity contribution < 1.29 is 9.59 Å². The molecule has 0 spiro atoms. The van der Waals surface area contributed by atoms with Gasteiger partial charge in [-0.25, -0.2) is 4.79 Å². The number of amides is 3. The van der Waals surface area contributed by atoms with Gasteiger partial charge in [-0.2, -0.15) is 0 Å². The van der Waals surface area contributed by atoms with Crippen LogP contribution < -0.4 is 11.1 Å². The monoisotopic (exact) mass is 303 g/mol. The standard InChI is InChI=1S/C15H17N3O2S/c16-14(19)11-5-6-18(9-11)15(20)17-8-12-7-10-3-1-2-4-13(10)21-12/h1-4,7,11H,5-6,8-9H2,(H2,16,19)(H,17,20)/t11-/m1/s1. The third-order valence-corrected chi connectivity index (χ3v) is 4.88. The summed E-state index contributed by atoms with van der Waals surface area (Å²) in [4.78, 5) is 26.0. The Morgan fingerprint density at radius 3 is 2.90 bits per heavy atom. The molecule has 6 heteroatoms. The molecule has 1 fully saturated rings. The van der Waals surface area contributed by atoms with Gasteiger partial charge in [0.25, 0.3) is 0 Å². The number of nitrogens with two attached hydrogens (primary N) is 1. The van der Waals surface area contributed by atoms with E-state index in [1.54, 1.807) is 16.2 Å². The van der Waals surface area contributed by atoms with Crippen molar-refractivity contribution in [2.45, 2.75) is 13.0 Å². The number of primary amides is 1. The molecule has 5 nitrogen and oxygen atoms in total. The Morgan fingerprint density at radius 1 is 1.38 bits per heavy atom. The van der Waals surface area contributed by atoms with E-state index in [0.717, 1.165) is 4.88 Å². The summed E-state index contributed by atoms with van der Waals surface area (Å²) in [6.45, 7) is 1.52. The highest BCUT2D eigenvalue weighted by atomic mass is 32.1. The molecule has 1 aromatic heterocycles. The highest BCUT2D eigenvalue weighted by Crippen LogP contribution is 2.25. The Kier molecular flexibility index (Phi) is 3.79. The van der Waals surface area contributed by atoms with Crippen molar-refractivity contribution >= 4 is 33.4 Å². The van der Waals surface area contributed by atoms with Crippen molar-refractivity contribution in [2.75, 3.05) is 13.1 Å². The number of nitrogens with zero attached hydrogens (tertiary/aromatic N) is 1. The van der Waals surface area contributed by atoms with Crippen molar-refractivity contribution in [1.82, 2.24) is 10.2 Å². The largest absolute Gasteiger partial charge is 0.369 e. The zero-order valence-corrected chi connectivity index (χ0v) is 12.4. The van der Waals surface area contributed by atoms with Crippen LogP contribution in [0.5, 0.6) is 0 Å². The molecule has 21 heavy (non-hydrogen) atoms. The number of benzene rings is 1. The molecule has 3 rings (SSSR count). The first-order chi connectivity index (χ1) is 10.1. The first kappa shape index (κ1) is 13.9.